The summed E-state index contributed by atoms with van der Waals surface area (Å²) in [5.41, 5.74) is 2.48. The third-order valence-electron chi connectivity index (χ3n) is 4.97. The number of nitrogens with one attached hydrogen (secondary N) is 3. The maximum absolute atomic E-state index is 12.8. The van der Waals surface area contributed by atoms with Gasteiger partial charge < -0.3 is 5.32 Å². The molecule has 0 saturated carbocycles. The molecule has 0 radical (unpaired) electrons. The van der Waals surface area contributed by atoms with Gasteiger partial charge in [0.2, 0.25) is 0 Å². The van der Waals surface area contributed by atoms with Gasteiger partial charge in [0, 0.05) is 16.1 Å². The van der Waals surface area contributed by atoms with E-state index in [0.717, 1.165) is 32.1 Å². The molecule has 0 aliphatic carbocycles. The van der Waals surface area contributed by atoms with Crippen LogP contribution in [0.5, 0.6) is 0 Å². The largest absolute Gasteiger partial charge is 0.341 e. The molecule has 1 atom stereocenters. The lowest BCUT2D eigenvalue weighted by Crippen LogP contribution is -2.31. The highest BCUT2D eigenvalue weighted by atomic mass is 79.9. The van der Waals surface area contributed by atoms with E-state index in [1.807, 2.05) is 48.5 Å². The van der Waals surface area contributed by atoms with Crippen molar-refractivity contribution >= 4 is 38.2 Å². The zero-order valence-electron chi connectivity index (χ0n) is 14.0. The molecule has 0 saturated heterocycles. The summed E-state index contributed by atoms with van der Waals surface area (Å²) in [5, 5.41) is 5.41. The van der Waals surface area contributed by atoms with Gasteiger partial charge in [0.15, 0.2) is 0 Å². The Morgan fingerprint density at radius 3 is 2.56 bits per heavy atom. The second-order valence-corrected chi connectivity index (χ2v) is 7.47. The van der Waals surface area contributed by atoms with Crippen molar-refractivity contribution in [3.05, 3.63) is 103 Å². The number of aromatic amines is 2. The number of halogens is 1. The molecule has 6 heteroatoms. The first-order valence-corrected chi connectivity index (χ1v) is 9.32. The van der Waals surface area contributed by atoms with Gasteiger partial charge in [0.1, 0.15) is 5.82 Å². The number of hydrogen-bond donors (Lipinski definition) is 3. The van der Waals surface area contributed by atoms with Crippen LogP contribution in [-0.4, -0.2) is 9.97 Å². The van der Waals surface area contributed by atoms with E-state index in [-0.39, 0.29) is 11.5 Å². The molecule has 0 amide bonds. The summed E-state index contributed by atoms with van der Waals surface area (Å²) in [4.78, 5) is 29.7. The molecule has 132 valence electrons. The molecule has 2 heterocycles. The highest BCUT2D eigenvalue weighted by Crippen LogP contribution is 2.45. The molecule has 3 N–H and O–H groups in total. The summed E-state index contributed by atoms with van der Waals surface area (Å²) in [6.07, 6.45) is 0. The van der Waals surface area contributed by atoms with Gasteiger partial charge in [-0.25, -0.2) is 4.79 Å². The Morgan fingerprint density at radius 1 is 0.852 bits per heavy atom. The fourth-order valence-corrected chi connectivity index (χ4v) is 4.30. The summed E-state index contributed by atoms with van der Waals surface area (Å²) in [5.74, 6) is 0.136. The van der Waals surface area contributed by atoms with Gasteiger partial charge in [-0.3, -0.25) is 14.8 Å². The minimum atomic E-state index is -0.525. The summed E-state index contributed by atoms with van der Waals surface area (Å²) in [6.45, 7) is 0. The van der Waals surface area contributed by atoms with E-state index in [0.29, 0.717) is 11.4 Å². The van der Waals surface area contributed by atoms with Crippen LogP contribution in [0.1, 0.15) is 22.6 Å². The molecule has 5 rings (SSSR count). The van der Waals surface area contributed by atoms with Crippen LogP contribution in [0.25, 0.3) is 10.8 Å². The summed E-state index contributed by atoms with van der Waals surface area (Å²) in [7, 11) is 0. The molecule has 0 fully saturated rings. The lowest BCUT2D eigenvalue weighted by atomic mass is 9.80. The van der Waals surface area contributed by atoms with Crippen LogP contribution in [-0.2, 0) is 0 Å². The van der Waals surface area contributed by atoms with Crippen molar-refractivity contribution in [1.29, 1.82) is 0 Å². The van der Waals surface area contributed by atoms with Gasteiger partial charge in [-0.15, -0.1) is 0 Å². The van der Waals surface area contributed by atoms with Gasteiger partial charge in [0.25, 0.3) is 5.56 Å². The fraction of sp³-hybridized carbons (Fsp3) is 0.0476. The molecule has 3 aromatic carbocycles. The quantitative estimate of drug-likeness (QED) is 0.380. The van der Waals surface area contributed by atoms with Gasteiger partial charge in [0.05, 0.1) is 5.56 Å². The first kappa shape index (κ1) is 16.1. The maximum Gasteiger partial charge on any atom is 0.327 e. The average molecular weight is 420 g/mol. The number of aromatic nitrogens is 2. The van der Waals surface area contributed by atoms with Crippen LogP contribution in [0.2, 0.25) is 0 Å². The third-order valence-corrected chi connectivity index (χ3v) is 5.46. The first-order chi connectivity index (χ1) is 13.1. The highest BCUT2D eigenvalue weighted by molar-refractivity contribution is 9.10. The standard InChI is InChI=1S/C21H14BrN3O2/c22-13-6-3-5-12(10-13)16-17-14-7-2-1-4-11(14)8-9-15(17)23-19-18(16)20(26)25-21(27)24-19/h1-10,16H,(H3,23,24,25,26,27)/t16-/m0/s1. The van der Waals surface area contributed by atoms with E-state index in [4.69, 9.17) is 0 Å². The Morgan fingerprint density at radius 2 is 1.70 bits per heavy atom. The van der Waals surface area contributed by atoms with Gasteiger partial charge in [-0.2, -0.15) is 0 Å². The van der Waals surface area contributed by atoms with Crippen molar-refractivity contribution in [3.63, 3.8) is 0 Å². The van der Waals surface area contributed by atoms with E-state index in [1.165, 1.54) is 0 Å². The van der Waals surface area contributed by atoms with E-state index in [9.17, 15) is 9.59 Å². The molecule has 0 unspecified atom stereocenters. The SMILES string of the molecule is O=c1[nH]c2c(c(=O)[nH]1)[C@@H](c1cccc(Br)c1)c1c(ccc3ccccc13)N2. The maximum atomic E-state index is 12.8. The smallest absolute Gasteiger partial charge is 0.327 e. The Bertz CT molecular complexity index is 1320. The number of benzene rings is 3. The van der Waals surface area contributed by atoms with Crippen LogP contribution in [0.4, 0.5) is 11.5 Å². The van der Waals surface area contributed by atoms with Crippen molar-refractivity contribution in [2.24, 2.45) is 0 Å². The van der Waals surface area contributed by atoms with Crippen molar-refractivity contribution < 1.29 is 0 Å². The molecule has 0 bridgehead atoms. The number of H-pyrrole nitrogens is 2. The van der Waals surface area contributed by atoms with Gasteiger partial charge in [-0.1, -0.05) is 58.4 Å². The predicted molar refractivity (Wildman–Crippen MR) is 110 cm³/mol. The number of rotatable bonds is 1. The zero-order valence-corrected chi connectivity index (χ0v) is 15.6. The average Bonchev–Trinajstić information content (AvgIpc) is 2.66. The predicted octanol–water partition coefficient (Wildman–Crippen LogP) is 4.22. The highest BCUT2D eigenvalue weighted by Gasteiger charge is 2.32. The molecule has 1 aromatic heterocycles. The van der Waals surface area contributed by atoms with Crippen molar-refractivity contribution in [2.45, 2.75) is 5.92 Å². The monoisotopic (exact) mass is 419 g/mol. The van der Waals surface area contributed by atoms with Crippen molar-refractivity contribution in [2.75, 3.05) is 5.32 Å². The minimum absolute atomic E-state index is 0.305. The second-order valence-electron chi connectivity index (χ2n) is 6.56. The molecule has 27 heavy (non-hydrogen) atoms. The van der Waals surface area contributed by atoms with Crippen LogP contribution >= 0.6 is 15.9 Å². The lowest BCUT2D eigenvalue weighted by molar-refractivity contribution is 0.893. The normalized spacial score (nSPS) is 15.1. The lowest BCUT2D eigenvalue weighted by Gasteiger charge is -2.29. The van der Waals surface area contributed by atoms with Crippen LogP contribution in [0.15, 0.2) is 74.7 Å². The molecule has 1 aliphatic heterocycles. The van der Waals surface area contributed by atoms with Crippen molar-refractivity contribution in [3.8, 4) is 0 Å². The topological polar surface area (TPSA) is 77.8 Å². The summed E-state index contributed by atoms with van der Waals surface area (Å²) in [6, 6.07) is 20.0. The molecule has 1 aliphatic rings. The molecular formula is C21H14BrN3O2. The van der Waals surface area contributed by atoms with Crippen LogP contribution < -0.4 is 16.6 Å². The van der Waals surface area contributed by atoms with E-state index < -0.39 is 5.69 Å². The molecule has 0 spiro atoms. The van der Waals surface area contributed by atoms with E-state index >= 15 is 0 Å². The molecular weight excluding hydrogens is 406 g/mol. The van der Waals surface area contributed by atoms with Crippen LogP contribution in [0, 0.1) is 0 Å². The van der Waals surface area contributed by atoms with Crippen molar-refractivity contribution in [1.82, 2.24) is 9.97 Å². The third kappa shape index (κ3) is 2.52. The zero-order chi connectivity index (χ0) is 18.5. The Labute approximate surface area is 162 Å². The first-order valence-electron chi connectivity index (χ1n) is 8.52. The summed E-state index contributed by atoms with van der Waals surface area (Å²) >= 11 is 3.53. The Kier molecular flexibility index (Phi) is 3.55. The summed E-state index contributed by atoms with van der Waals surface area (Å²) < 4.78 is 0.933. The van der Waals surface area contributed by atoms with Gasteiger partial charge in [-0.05, 0) is 40.1 Å². The van der Waals surface area contributed by atoms with E-state index in [2.05, 4.69) is 43.3 Å². The molecule has 5 nitrogen and oxygen atoms in total. The fourth-order valence-electron chi connectivity index (χ4n) is 3.88. The van der Waals surface area contributed by atoms with E-state index in [1.54, 1.807) is 0 Å². The van der Waals surface area contributed by atoms with Gasteiger partial charge >= 0.3 is 5.69 Å². The second kappa shape index (κ2) is 5.96. The number of fused-ring (bicyclic) bond motifs is 4. The Balaban J connectivity index is 1.92. The van der Waals surface area contributed by atoms with Crippen LogP contribution in [0.3, 0.4) is 0 Å². The number of hydrogen-bond acceptors (Lipinski definition) is 3. The number of anilines is 2. The Hall–Kier alpha value is -3.12. The molecule has 4 aromatic rings. The minimum Gasteiger partial charge on any atom is -0.341 e.